The second kappa shape index (κ2) is 5.94. The maximum Gasteiger partial charge on any atom is 0.143 e. The zero-order valence-corrected chi connectivity index (χ0v) is 13.9. The van der Waals surface area contributed by atoms with Gasteiger partial charge in [-0.15, -0.1) is 0 Å². The standard InChI is InChI=1S/C20H17N3O2/c1-12-7-6-10-15(20(12)24)16-11-17(22-21-16)18-13(2)25-23-19(18)14-8-4-3-5-9-14/h3-11,24H,1-2H3,(H,21,22). The van der Waals surface area contributed by atoms with Crippen molar-refractivity contribution in [3.63, 3.8) is 0 Å². The third-order valence-corrected chi connectivity index (χ3v) is 4.27. The van der Waals surface area contributed by atoms with Crippen LogP contribution in [-0.4, -0.2) is 20.5 Å². The second-order valence-corrected chi connectivity index (χ2v) is 5.97. The number of hydrogen-bond donors (Lipinski definition) is 2. The summed E-state index contributed by atoms with van der Waals surface area (Å²) in [4.78, 5) is 0. The molecule has 5 nitrogen and oxygen atoms in total. The molecule has 0 aliphatic heterocycles. The van der Waals surface area contributed by atoms with Crippen LogP contribution in [0.2, 0.25) is 0 Å². The van der Waals surface area contributed by atoms with Crippen LogP contribution >= 0.6 is 0 Å². The van der Waals surface area contributed by atoms with Crippen LogP contribution in [-0.2, 0) is 0 Å². The Labute approximate surface area is 144 Å². The molecule has 0 atom stereocenters. The lowest BCUT2D eigenvalue weighted by Crippen LogP contribution is -1.84. The van der Waals surface area contributed by atoms with Crippen molar-refractivity contribution in [3.05, 3.63) is 65.9 Å². The molecule has 0 fully saturated rings. The van der Waals surface area contributed by atoms with Crippen molar-refractivity contribution in [2.24, 2.45) is 0 Å². The Morgan fingerprint density at radius 1 is 1.00 bits per heavy atom. The molecule has 25 heavy (non-hydrogen) atoms. The first-order chi connectivity index (χ1) is 12.1. The molecule has 2 N–H and O–H groups in total. The Kier molecular flexibility index (Phi) is 3.61. The normalized spacial score (nSPS) is 11.0. The van der Waals surface area contributed by atoms with Crippen molar-refractivity contribution in [2.45, 2.75) is 13.8 Å². The lowest BCUT2D eigenvalue weighted by atomic mass is 10.0. The van der Waals surface area contributed by atoms with E-state index >= 15 is 0 Å². The minimum absolute atomic E-state index is 0.242. The van der Waals surface area contributed by atoms with Crippen molar-refractivity contribution >= 4 is 0 Å². The quantitative estimate of drug-likeness (QED) is 0.569. The highest BCUT2D eigenvalue weighted by molar-refractivity contribution is 5.82. The van der Waals surface area contributed by atoms with E-state index in [4.69, 9.17) is 4.52 Å². The van der Waals surface area contributed by atoms with Gasteiger partial charge in [-0.3, -0.25) is 5.10 Å². The number of aromatic nitrogens is 3. The maximum absolute atomic E-state index is 10.3. The van der Waals surface area contributed by atoms with Crippen molar-refractivity contribution in [1.29, 1.82) is 0 Å². The average molecular weight is 331 g/mol. The first-order valence-electron chi connectivity index (χ1n) is 8.01. The van der Waals surface area contributed by atoms with Gasteiger partial charge in [0.25, 0.3) is 0 Å². The van der Waals surface area contributed by atoms with E-state index in [1.165, 1.54) is 0 Å². The molecule has 0 saturated heterocycles. The van der Waals surface area contributed by atoms with Crippen LogP contribution in [0.25, 0.3) is 33.8 Å². The van der Waals surface area contributed by atoms with Crippen LogP contribution < -0.4 is 0 Å². The minimum atomic E-state index is 0.242. The molecule has 0 spiro atoms. The molecule has 0 bridgehead atoms. The van der Waals surface area contributed by atoms with Crippen LogP contribution in [0, 0.1) is 13.8 Å². The van der Waals surface area contributed by atoms with Gasteiger partial charge in [0.15, 0.2) is 0 Å². The van der Waals surface area contributed by atoms with Gasteiger partial charge >= 0.3 is 0 Å². The van der Waals surface area contributed by atoms with Gasteiger partial charge in [-0.1, -0.05) is 47.6 Å². The van der Waals surface area contributed by atoms with Crippen LogP contribution in [0.1, 0.15) is 11.3 Å². The van der Waals surface area contributed by atoms with Crippen molar-refractivity contribution in [2.75, 3.05) is 0 Å². The van der Waals surface area contributed by atoms with Gasteiger partial charge < -0.3 is 9.63 Å². The van der Waals surface area contributed by atoms with E-state index in [-0.39, 0.29) is 5.75 Å². The topological polar surface area (TPSA) is 74.9 Å². The number of para-hydroxylation sites is 1. The van der Waals surface area contributed by atoms with Gasteiger partial charge in [-0.2, -0.15) is 5.10 Å². The van der Waals surface area contributed by atoms with E-state index in [1.54, 1.807) is 0 Å². The Morgan fingerprint density at radius 2 is 1.80 bits per heavy atom. The summed E-state index contributed by atoms with van der Waals surface area (Å²) in [5, 5.41) is 21.9. The van der Waals surface area contributed by atoms with E-state index in [2.05, 4.69) is 15.4 Å². The molecule has 0 unspecified atom stereocenters. The van der Waals surface area contributed by atoms with Gasteiger partial charge in [0, 0.05) is 11.1 Å². The SMILES string of the molecule is Cc1cccc(-c2cc(-c3c(-c4ccccc4)noc3C)[nH]n2)c1O. The molecule has 0 aliphatic carbocycles. The summed E-state index contributed by atoms with van der Waals surface area (Å²) in [5.41, 5.74) is 5.60. The first kappa shape index (κ1) is 15.2. The van der Waals surface area contributed by atoms with E-state index in [1.807, 2.05) is 68.4 Å². The Hall–Kier alpha value is -3.34. The Balaban J connectivity index is 1.82. The fraction of sp³-hybridized carbons (Fsp3) is 0.100. The van der Waals surface area contributed by atoms with E-state index < -0.39 is 0 Å². The van der Waals surface area contributed by atoms with E-state index in [0.717, 1.165) is 28.1 Å². The smallest absolute Gasteiger partial charge is 0.143 e. The monoisotopic (exact) mass is 331 g/mol. The second-order valence-electron chi connectivity index (χ2n) is 5.97. The van der Waals surface area contributed by atoms with Crippen LogP contribution in [0.15, 0.2) is 59.1 Å². The van der Waals surface area contributed by atoms with E-state index in [0.29, 0.717) is 17.0 Å². The fourth-order valence-electron chi connectivity index (χ4n) is 2.94. The van der Waals surface area contributed by atoms with Crippen LogP contribution in [0.4, 0.5) is 0 Å². The molecule has 2 aromatic heterocycles. The maximum atomic E-state index is 10.3. The van der Waals surface area contributed by atoms with Crippen LogP contribution in [0.5, 0.6) is 5.75 Å². The average Bonchev–Trinajstić information content (AvgIpc) is 3.24. The van der Waals surface area contributed by atoms with Gasteiger partial charge in [-0.25, -0.2) is 0 Å². The predicted molar refractivity (Wildman–Crippen MR) is 96.1 cm³/mol. The van der Waals surface area contributed by atoms with Gasteiger partial charge in [0.2, 0.25) is 0 Å². The number of hydrogen-bond acceptors (Lipinski definition) is 4. The molecular formula is C20H17N3O2. The summed E-state index contributed by atoms with van der Waals surface area (Å²) in [5.74, 6) is 0.952. The molecule has 0 saturated carbocycles. The summed E-state index contributed by atoms with van der Waals surface area (Å²) < 4.78 is 5.42. The molecule has 5 heteroatoms. The molecule has 4 aromatic rings. The number of nitrogens with one attached hydrogen (secondary N) is 1. The number of benzene rings is 2. The molecule has 2 aromatic carbocycles. The minimum Gasteiger partial charge on any atom is -0.507 e. The molecule has 4 rings (SSSR count). The highest BCUT2D eigenvalue weighted by atomic mass is 16.5. The Morgan fingerprint density at radius 3 is 2.60 bits per heavy atom. The number of aryl methyl sites for hydroxylation is 2. The number of rotatable bonds is 3. The largest absolute Gasteiger partial charge is 0.507 e. The molecule has 0 aliphatic rings. The summed E-state index contributed by atoms with van der Waals surface area (Å²) in [6.45, 7) is 3.74. The lowest BCUT2D eigenvalue weighted by molar-refractivity contribution is 0.400. The lowest BCUT2D eigenvalue weighted by Gasteiger charge is -2.03. The zero-order valence-electron chi connectivity index (χ0n) is 13.9. The predicted octanol–water partition coefficient (Wildman–Crippen LogP) is 4.72. The van der Waals surface area contributed by atoms with Crippen molar-refractivity contribution < 1.29 is 9.63 Å². The number of aromatic hydroxyl groups is 1. The van der Waals surface area contributed by atoms with Gasteiger partial charge in [0.1, 0.15) is 17.2 Å². The summed E-state index contributed by atoms with van der Waals surface area (Å²) >= 11 is 0. The Bertz CT molecular complexity index is 1030. The van der Waals surface area contributed by atoms with E-state index in [9.17, 15) is 5.11 Å². The number of H-pyrrole nitrogens is 1. The summed E-state index contributed by atoms with van der Waals surface area (Å²) in [7, 11) is 0. The number of nitrogens with zero attached hydrogens (tertiary/aromatic N) is 2. The number of phenols is 1. The molecular weight excluding hydrogens is 314 g/mol. The number of phenolic OH excluding ortho intramolecular Hbond substituents is 1. The zero-order chi connectivity index (χ0) is 17.4. The first-order valence-corrected chi connectivity index (χ1v) is 8.01. The molecule has 2 heterocycles. The fourth-order valence-corrected chi connectivity index (χ4v) is 2.94. The summed E-state index contributed by atoms with van der Waals surface area (Å²) in [6, 6.07) is 17.4. The van der Waals surface area contributed by atoms with Gasteiger partial charge in [0.05, 0.1) is 17.0 Å². The number of aromatic amines is 1. The van der Waals surface area contributed by atoms with Crippen LogP contribution in [0.3, 0.4) is 0 Å². The summed E-state index contributed by atoms with van der Waals surface area (Å²) in [6.07, 6.45) is 0. The highest BCUT2D eigenvalue weighted by Crippen LogP contribution is 2.36. The molecule has 0 amide bonds. The molecule has 124 valence electrons. The highest BCUT2D eigenvalue weighted by Gasteiger charge is 2.19. The third kappa shape index (κ3) is 2.59. The van der Waals surface area contributed by atoms with Crippen molar-refractivity contribution in [3.8, 4) is 39.5 Å². The molecule has 0 radical (unpaired) electrons. The third-order valence-electron chi connectivity index (χ3n) is 4.27. The van der Waals surface area contributed by atoms with Crippen molar-refractivity contribution in [1.82, 2.24) is 15.4 Å². The van der Waals surface area contributed by atoms with Gasteiger partial charge in [-0.05, 0) is 31.5 Å².